The SMILES string of the molecule is O=C(O)C(Cl)CS(=O)(=O)c1ccccc1. The highest BCUT2D eigenvalue weighted by Gasteiger charge is 2.24. The standard InChI is InChI=1S/C9H9ClO4S/c10-8(9(11)12)6-15(13,14)7-4-2-1-3-5-7/h1-5,8H,6H2,(H,11,12). The van der Waals surface area contributed by atoms with Crippen LogP contribution < -0.4 is 0 Å². The Morgan fingerprint density at radius 3 is 2.33 bits per heavy atom. The second-order valence-electron chi connectivity index (χ2n) is 2.90. The van der Waals surface area contributed by atoms with Crippen molar-refractivity contribution in [2.75, 3.05) is 5.75 Å². The zero-order valence-electron chi connectivity index (χ0n) is 7.63. The number of carbonyl (C=O) groups is 1. The predicted octanol–water partition coefficient (Wildman–Crippen LogP) is 1.15. The van der Waals surface area contributed by atoms with Gasteiger partial charge in [-0.05, 0) is 12.1 Å². The average Bonchev–Trinajstić information content (AvgIpc) is 2.18. The summed E-state index contributed by atoms with van der Waals surface area (Å²) in [5.74, 6) is -1.94. The van der Waals surface area contributed by atoms with Gasteiger partial charge in [-0.15, -0.1) is 11.6 Å². The Hall–Kier alpha value is -1.07. The fraction of sp³-hybridized carbons (Fsp3) is 0.222. The molecule has 0 radical (unpaired) electrons. The van der Waals surface area contributed by atoms with Crippen LogP contribution in [0.15, 0.2) is 35.2 Å². The third-order valence-electron chi connectivity index (χ3n) is 1.74. The maximum absolute atomic E-state index is 11.6. The Labute approximate surface area is 92.4 Å². The van der Waals surface area contributed by atoms with Gasteiger partial charge in [0, 0.05) is 0 Å². The smallest absolute Gasteiger partial charge is 0.322 e. The number of aliphatic carboxylic acids is 1. The summed E-state index contributed by atoms with van der Waals surface area (Å²) in [6.07, 6.45) is 0. The summed E-state index contributed by atoms with van der Waals surface area (Å²) in [5, 5.41) is 7.07. The molecule has 1 aromatic rings. The Kier molecular flexibility index (Phi) is 3.71. The lowest BCUT2D eigenvalue weighted by Gasteiger charge is -2.05. The van der Waals surface area contributed by atoms with E-state index in [4.69, 9.17) is 16.7 Å². The fourth-order valence-corrected chi connectivity index (χ4v) is 2.78. The van der Waals surface area contributed by atoms with Gasteiger partial charge in [-0.1, -0.05) is 18.2 Å². The van der Waals surface area contributed by atoms with Gasteiger partial charge in [0.25, 0.3) is 0 Å². The Balaban J connectivity index is 2.91. The third kappa shape index (κ3) is 3.21. The van der Waals surface area contributed by atoms with Crippen molar-refractivity contribution < 1.29 is 18.3 Å². The number of halogens is 1. The van der Waals surface area contributed by atoms with Crippen molar-refractivity contribution in [2.45, 2.75) is 10.3 Å². The van der Waals surface area contributed by atoms with Crippen molar-refractivity contribution in [2.24, 2.45) is 0 Å². The van der Waals surface area contributed by atoms with Crippen LogP contribution in [0.1, 0.15) is 0 Å². The summed E-state index contributed by atoms with van der Waals surface area (Å²) in [6.45, 7) is 0. The van der Waals surface area contributed by atoms with Gasteiger partial charge in [0.05, 0.1) is 10.6 Å². The summed E-state index contributed by atoms with van der Waals surface area (Å²) in [6, 6.07) is 7.61. The molecule has 0 heterocycles. The molecule has 1 aromatic carbocycles. The molecule has 1 atom stereocenters. The molecule has 6 heteroatoms. The molecule has 82 valence electrons. The van der Waals surface area contributed by atoms with E-state index in [-0.39, 0.29) is 4.90 Å². The first kappa shape index (κ1) is 12.0. The average molecular weight is 249 g/mol. The van der Waals surface area contributed by atoms with Gasteiger partial charge >= 0.3 is 5.97 Å². The van der Waals surface area contributed by atoms with Crippen LogP contribution in [0.3, 0.4) is 0 Å². The Morgan fingerprint density at radius 2 is 1.87 bits per heavy atom. The second-order valence-corrected chi connectivity index (χ2v) is 5.46. The number of hydrogen-bond acceptors (Lipinski definition) is 3. The molecule has 1 rings (SSSR count). The molecule has 0 spiro atoms. The molecule has 15 heavy (non-hydrogen) atoms. The fourth-order valence-electron chi connectivity index (χ4n) is 0.988. The number of benzene rings is 1. The summed E-state index contributed by atoms with van der Waals surface area (Å²) in [4.78, 5) is 10.5. The van der Waals surface area contributed by atoms with E-state index in [9.17, 15) is 13.2 Å². The molecular formula is C9H9ClO4S. The maximum atomic E-state index is 11.6. The minimum Gasteiger partial charge on any atom is -0.480 e. The minimum absolute atomic E-state index is 0.0805. The number of rotatable bonds is 4. The zero-order valence-corrected chi connectivity index (χ0v) is 9.20. The highest BCUT2D eigenvalue weighted by Crippen LogP contribution is 2.13. The molecule has 0 bridgehead atoms. The van der Waals surface area contributed by atoms with Gasteiger partial charge in [0.2, 0.25) is 0 Å². The zero-order chi connectivity index (χ0) is 11.5. The molecule has 0 aliphatic carbocycles. The van der Waals surface area contributed by atoms with Crippen molar-refractivity contribution in [3.8, 4) is 0 Å². The van der Waals surface area contributed by atoms with Crippen LogP contribution in [0, 0.1) is 0 Å². The van der Waals surface area contributed by atoms with Gasteiger partial charge in [-0.25, -0.2) is 8.42 Å². The molecule has 1 N–H and O–H groups in total. The van der Waals surface area contributed by atoms with E-state index in [1.54, 1.807) is 18.2 Å². The molecule has 4 nitrogen and oxygen atoms in total. The molecular weight excluding hydrogens is 240 g/mol. The topological polar surface area (TPSA) is 71.4 Å². The summed E-state index contributed by atoms with van der Waals surface area (Å²) < 4.78 is 23.2. The van der Waals surface area contributed by atoms with Crippen molar-refractivity contribution >= 4 is 27.4 Å². The Bertz CT molecular complexity index is 440. The van der Waals surface area contributed by atoms with Gasteiger partial charge in [0.1, 0.15) is 5.38 Å². The van der Waals surface area contributed by atoms with Crippen molar-refractivity contribution in [3.63, 3.8) is 0 Å². The molecule has 0 fully saturated rings. The van der Waals surface area contributed by atoms with Crippen LogP contribution in [-0.4, -0.2) is 30.6 Å². The van der Waals surface area contributed by atoms with Crippen molar-refractivity contribution in [1.82, 2.24) is 0 Å². The first-order chi connectivity index (χ1) is 6.93. The largest absolute Gasteiger partial charge is 0.480 e. The number of carboxylic acid groups (broad SMARTS) is 1. The van der Waals surface area contributed by atoms with E-state index in [2.05, 4.69) is 0 Å². The molecule has 0 aliphatic rings. The molecule has 0 saturated carbocycles. The molecule has 1 unspecified atom stereocenters. The van der Waals surface area contributed by atoms with Gasteiger partial charge in [0.15, 0.2) is 9.84 Å². The number of hydrogen-bond donors (Lipinski definition) is 1. The van der Waals surface area contributed by atoms with Crippen LogP contribution in [0.25, 0.3) is 0 Å². The third-order valence-corrected chi connectivity index (χ3v) is 4.02. The Morgan fingerprint density at radius 1 is 1.33 bits per heavy atom. The maximum Gasteiger partial charge on any atom is 0.322 e. The summed E-state index contributed by atoms with van der Waals surface area (Å²) in [7, 11) is -3.62. The summed E-state index contributed by atoms with van der Waals surface area (Å²) in [5.41, 5.74) is 0. The highest BCUT2D eigenvalue weighted by atomic mass is 35.5. The van der Waals surface area contributed by atoms with E-state index in [1.165, 1.54) is 12.1 Å². The van der Waals surface area contributed by atoms with Crippen molar-refractivity contribution in [3.05, 3.63) is 30.3 Å². The van der Waals surface area contributed by atoms with Gasteiger partial charge in [-0.2, -0.15) is 0 Å². The van der Waals surface area contributed by atoms with Crippen LogP contribution in [0.2, 0.25) is 0 Å². The van der Waals surface area contributed by atoms with E-state index >= 15 is 0 Å². The van der Waals surface area contributed by atoms with E-state index in [0.717, 1.165) is 0 Å². The van der Waals surface area contributed by atoms with Crippen LogP contribution in [0.4, 0.5) is 0 Å². The number of carboxylic acids is 1. The van der Waals surface area contributed by atoms with Crippen LogP contribution in [-0.2, 0) is 14.6 Å². The van der Waals surface area contributed by atoms with Crippen LogP contribution >= 0.6 is 11.6 Å². The van der Waals surface area contributed by atoms with E-state index in [0.29, 0.717) is 0 Å². The van der Waals surface area contributed by atoms with E-state index in [1.807, 2.05) is 0 Å². The predicted molar refractivity (Wildman–Crippen MR) is 55.8 cm³/mol. The lowest BCUT2D eigenvalue weighted by atomic mass is 10.4. The van der Waals surface area contributed by atoms with Crippen molar-refractivity contribution in [1.29, 1.82) is 0 Å². The van der Waals surface area contributed by atoms with Gasteiger partial charge < -0.3 is 5.11 Å². The highest BCUT2D eigenvalue weighted by molar-refractivity contribution is 7.91. The molecule has 0 amide bonds. The second kappa shape index (κ2) is 4.63. The molecule has 0 saturated heterocycles. The first-order valence-electron chi connectivity index (χ1n) is 4.08. The normalized spacial score (nSPS) is 13.4. The molecule has 0 aromatic heterocycles. The lowest BCUT2D eigenvalue weighted by molar-refractivity contribution is -0.136. The number of alkyl halides is 1. The quantitative estimate of drug-likeness (QED) is 0.812. The van der Waals surface area contributed by atoms with E-state index < -0.39 is 26.9 Å². The van der Waals surface area contributed by atoms with Gasteiger partial charge in [-0.3, -0.25) is 4.79 Å². The first-order valence-corrected chi connectivity index (χ1v) is 6.17. The summed E-state index contributed by atoms with van der Waals surface area (Å²) >= 11 is 5.37. The molecule has 0 aliphatic heterocycles. The number of sulfone groups is 1. The minimum atomic E-state index is -3.62. The monoisotopic (exact) mass is 248 g/mol. The lowest BCUT2D eigenvalue weighted by Crippen LogP contribution is -2.24. The van der Waals surface area contributed by atoms with Crippen LogP contribution in [0.5, 0.6) is 0 Å².